The maximum Gasteiger partial charge on any atom is 0.314 e. The van der Waals surface area contributed by atoms with Crippen LogP contribution in [-0.2, 0) is 19.1 Å². The molecule has 0 aliphatic carbocycles. The van der Waals surface area contributed by atoms with E-state index < -0.39 is 23.3 Å². The fourth-order valence-corrected chi connectivity index (χ4v) is 1.97. The first-order valence-corrected chi connectivity index (χ1v) is 6.27. The van der Waals surface area contributed by atoms with Gasteiger partial charge in [-0.25, -0.2) is 0 Å². The van der Waals surface area contributed by atoms with Gasteiger partial charge in [0, 0.05) is 0 Å². The van der Waals surface area contributed by atoms with E-state index in [9.17, 15) is 9.59 Å². The lowest BCUT2D eigenvalue weighted by Crippen LogP contribution is -2.40. The molecule has 0 spiro atoms. The molecule has 0 rings (SSSR count). The monoisotopic (exact) mass is 268 g/mol. The molecule has 0 fully saturated rings. The normalized spacial score (nSPS) is 12.3. The summed E-state index contributed by atoms with van der Waals surface area (Å²) in [4.78, 5) is 24.0. The number of hydrogen-bond acceptors (Lipinski definition) is 4. The van der Waals surface area contributed by atoms with Crippen molar-refractivity contribution in [2.24, 2.45) is 11.3 Å². The number of methoxy groups -OCH3 is 1. The minimum Gasteiger partial charge on any atom is -0.469 e. The molecule has 0 aromatic rings. The molecule has 0 heterocycles. The number of carbonyl (C=O) groups is 2. The molecule has 19 heavy (non-hydrogen) atoms. The lowest BCUT2D eigenvalue weighted by molar-refractivity contribution is -0.163. The minimum absolute atomic E-state index is 0.259. The molecule has 0 amide bonds. The van der Waals surface area contributed by atoms with Crippen molar-refractivity contribution in [3.63, 3.8) is 0 Å². The number of carbonyl (C=O) groups excluding carboxylic acids is 2. The van der Waals surface area contributed by atoms with E-state index in [1.807, 2.05) is 13.8 Å². The van der Waals surface area contributed by atoms with Gasteiger partial charge in [0.1, 0.15) is 0 Å². The lowest BCUT2D eigenvalue weighted by Gasteiger charge is -2.30. The van der Waals surface area contributed by atoms with Crippen LogP contribution in [0.5, 0.6) is 0 Å². The van der Waals surface area contributed by atoms with Crippen molar-refractivity contribution in [3.8, 4) is 0 Å². The lowest BCUT2D eigenvalue weighted by atomic mass is 9.74. The summed E-state index contributed by atoms with van der Waals surface area (Å²) in [6.07, 6.45) is 1.78. The van der Waals surface area contributed by atoms with Gasteiger partial charge in [0.2, 0.25) is 0 Å². The number of allylic oxidation sites excluding steroid dienone is 2. The molecule has 0 aliphatic heterocycles. The Hall–Kier alpha value is -1.58. The first-order valence-electron chi connectivity index (χ1n) is 6.27. The van der Waals surface area contributed by atoms with Crippen LogP contribution in [-0.4, -0.2) is 25.7 Å². The predicted octanol–water partition coefficient (Wildman–Crippen LogP) is 2.89. The van der Waals surface area contributed by atoms with Crippen molar-refractivity contribution >= 4 is 11.9 Å². The summed E-state index contributed by atoms with van der Waals surface area (Å²) in [5, 5.41) is 0. The van der Waals surface area contributed by atoms with Crippen molar-refractivity contribution in [3.05, 3.63) is 23.8 Å². The Morgan fingerprint density at radius 1 is 1.32 bits per heavy atom. The van der Waals surface area contributed by atoms with Gasteiger partial charge in [-0.3, -0.25) is 9.59 Å². The van der Waals surface area contributed by atoms with Gasteiger partial charge >= 0.3 is 11.9 Å². The largest absolute Gasteiger partial charge is 0.469 e. The number of esters is 2. The Labute approximate surface area is 115 Å². The molecule has 0 saturated heterocycles. The number of rotatable bonds is 6. The molecule has 0 aromatic carbocycles. The van der Waals surface area contributed by atoms with E-state index in [1.165, 1.54) is 7.11 Å². The average molecular weight is 268 g/mol. The van der Waals surface area contributed by atoms with Crippen molar-refractivity contribution in [1.29, 1.82) is 0 Å². The SMILES string of the molecule is C=C(C=C(C)C)C(C(=O)OCC)C(C)(C)C(=O)OC. The quantitative estimate of drug-likeness (QED) is 0.549. The Morgan fingerprint density at radius 3 is 2.21 bits per heavy atom. The van der Waals surface area contributed by atoms with Crippen LogP contribution in [0.4, 0.5) is 0 Å². The molecular weight excluding hydrogens is 244 g/mol. The minimum atomic E-state index is -1.02. The second-order valence-corrected chi connectivity index (χ2v) is 5.19. The van der Waals surface area contributed by atoms with E-state index in [-0.39, 0.29) is 6.61 Å². The molecule has 0 bridgehead atoms. The topological polar surface area (TPSA) is 52.6 Å². The Morgan fingerprint density at radius 2 is 1.84 bits per heavy atom. The van der Waals surface area contributed by atoms with Crippen molar-refractivity contribution in [1.82, 2.24) is 0 Å². The summed E-state index contributed by atoms with van der Waals surface area (Å²) >= 11 is 0. The van der Waals surface area contributed by atoms with Crippen LogP contribution >= 0.6 is 0 Å². The van der Waals surface area contributed by atoms with E-state index in [4.69, 9.17) is 9.47 Å². The Balaban J connectivity index is 5.52. The third-order valence-corrected chi connectivity index (χ3v) is 2.80. The summed E-state index contributed by atoms with van der Waals surface area (Å²) in [7, 11) is 1.30. The van der Waals surface area contributed by atoms with Crippen LogP contribution in [0.1, 0.15) is 34.6 Å². The van der Waals surface area contributed by atoms with E-state index in [0.717, 1.165) is 5.57 Å². The van der Waals surface area contributed by atoms with Gasteiger partial charge in [0.05, 0.1) is 25.0 Å². The molecule has 0 aliphatic rings. The van der Waals surface area contributed by atoms with Gasteiger partial charge in [0.25, 0.3) is 0 Å². The van der Waals surface area contributed by atoms with Gasteiger partial charge in [-0.2, -0.15) is 0 Å². The third-order valence-electron chi connectivity index (χ3n) is 2.80. The van der Waals surface area contributed by atoms with Gasteiger partial charge in [-0.15, -0.1) is 0 Å². The molecule has 0 saturated carbocycles. The summed E-state index contributed by atoms with van der Waals surface area (Å²) in [6.45, 7) is 13.0. The predicted molar refractivity (Wildman–Crippen MR) is 74.5 cm³/mol. The van der Waals surface area contributed by atoms with Crippen LogP contribution in [0, 0.1) is 11.3 Å². The molecule has 4 heteroatoms. The van der Waals surface area contributed by atoms with Gasteiger partial charge in [-0.05, 0) is 40.2 Å². The maximum atomic E-state index is 12.1. The highest BCUT2D eigenvalue weighted by molar-refractivity contribution is 5.87. The molecule has 0 aromatic heterocycles. The van der Waals surface area contributed by atoms with Crippen LogP contribution in [0.25, 0.3) is 0 Å². The first-order chi connectivity index (χ1) is 8.68. The van der Waals surface area contributed by atoms with Gasteiger partial charge in [-0.1, -0.05) is 18.2 Å². The molecular formula is C15H24O4. The third kappa shape index (κ3) is 4.54. The van der Waals surface area contributed by atoms with Crippen LogP contribution < -0.4 is 0 Å². The highest BCUT2D eigenvalue weighted by Gasteiger charge is 2.44. The Kier molecular flexibility index (Phi) is 6.53. The fourth-order valence-electron chi connectivity index (χ4n) is 1.97. The molecule has 108 valence electrons. The highest BCUT2D eigenvalue weighted by Crippen LogP contribution is 2.35. The molecule has 0 radical (unpaired) electrons. The number of ether oxygens (including phenoxy) is 2. The second-order valence-electron chi connectivity index (χ2n) is 5.19. The summed E-state index contributed by atoms with van der Waals surface area (Å²) in [6, 6.07) is 0. The van der Waals surface area contributed by atoms with E-state index in [1.54, 1.807) is 26.8 Å². The summed E-state index contributed by atoms with van der Waals surface area (Å²) < 4.78 is 9.82. The zero-order valence-electron chi connectivity index (χ0n) is 12.7. The molecule has 1 atom stereocenters. The van der Waals surface area contributed by atoms with E-state index in [0.29, 0.717) is 5.57 Å². The molecule has 1 unspecified atom stereocenters. The summed E-state index contributed by atoms with van der Waals surface area (Å²) in [5.41, 5.74) is 0.526. The van der Waals surface area contributed by atoms with Crippen LogP contribution in [0.2, 0.25) is 0 Å². The molecule has 4 nitrogen and oxygen atoms in total. The van der Waals surface area contributed by atoms with Crippen molar-refractivity contribution in [2.45, 2.75) is 34.6 Å². The standard InChI is InChI=1S/C15H24O4/c1-8-19-13(16)12(11(4)9-10(2)3)15(5,6)14(17)18-7/h9,12H,4,8H2,1-3,5-7H3. The summed E-state index contributed by atoms with van der Waals surface area (Å²) in [5.74, 6) is -1.68. The van der Waals surface area contributed by atoms with Crippen LogP contribution in [0.3, 0.4) is 0 Å². The fraction of sp³-hybridized carbons (Fsp3) is 0.600. The second kappa shape index (κ2) is 7.12. The van der Waals surface area contributed by atoms with Gasteiger partial charge in [0.15, 0.2) is 0 Å². The van der Waals surface area contributed by atoms with Crippen molar-refractivity contribution < 1.29 is 19.1 Å². The smallest absolute Gasteiger partial charge is 0.314 e. The first kappa shape index (κ1) is 17.4. The van der Waals surface area contributed by atoms with Crippen molar-refractivity contribution in [2.75, 3.05) is 13.7 Å². The van der Waals surface area contributed by atoms with Crippen LogP contribution in [0.15, 0.2) is 23.8 Å². The van der Waals surface area contributed by atoms with Gasteiger partial charge < -0.3 is 9.47 Å². The maximum absolute atomic E-state index is 12.1. The highest BCUT2D eigenvalue weighted by atomic mass is 16.5. The zero-order chi connectivity index (χ0) is 15.2. The Bertz CT molecular complexity index is 387. The zero-order valence-corrected chi connectivity index (χ0v) is 12.7. The number of hydrogen-bond donors (Lipinski definition) is 0. The average Bonchev–Trinajstić information content (AvgIpc) is 2.26. The van der Waals surface area contributed by atoms with E-state index >= 15 is 0 Å². The van der Waals surface area contributed by atoms with E-state index in [2.05, 4.69) is 6.58 Å². The molecule has 0 N–H and O–H groups in total.